The SMILES string of the molecule is c1ccc(C2Nc3ccccc3N2c2cccc(-c3ccc(-c4c5oc6ccccc6c5cc5c4oc4ccccc45)cc3)c2)cc1. The van der Waals surface area contributed by atoms with Crippen LogP contribution in [0, 0.1) is 0 Å². The van der Waals surface area contributed by atoms with E-state index in [4.69, 9.17) is 8.83 Å². The van der Waals surface area contributed by atoms with Crippen molar-refractivity contribution in [1.29, 1.82) is 0 Å². The Kier molecular flexibility index (Phi) is 5.60. The second kappa shape index (κ2) is 10.1. The summed E-state index contributed by atoms with van der Waals surface area (Å²) >= 11 is 0. The summed E-state index contributed by atoms with van der Waals surface area (Å²) < 4.78 is 13.1. The van der Waals surface area contributed by atoms with E-state index in [-0.39, 0.29) is 6.17 Å². The predicted molar refractivity (Wildman–Crippen MR) is 193 cm³/mol. The summed E-state index contributed by atoms with van der Waals surface area (Å²) in [5, 5.41) is 8.15. The molecule has 1 atom stereocenters. The minimum Gasteiger partial charge on any atom is -0.455 e. The van der Waals surface area contributed by atoms with Crippen LogP contribution >= 0.6 is 0 Å². The van der Waals surface area contributed by atoms with Crippen molar-refractivity contribution >= 4 is 60.9 Å². The Morgan fingerprint density at radius 2 is 1.09 bits per heavy atom. The fourth-order valence-electron chi connectivity index (χ4n) is 7.28. The van der Waals surface area contributed by atoms with Crippen LogP contribution in [0.4, 0.5) is 17.1 Å². The Labute approximate surface area is 271 Å². The lowest BCUT2D eigenvalue weighted by Crippen LogP contribution is -2.23. The van der Waals surface area contributed by atoms with Crippen LogP contribution in [0.25, 0.3) is 66.1 Å². The summed E-state index contributed by atoms with van der Waals surface area (Å²) in [6, 6.07) is 55.5. The number of rotatable bonds is 4. The normalized spacial score (nSPS) is 14.3. The van der Waals surface area contributed by atoms with Crippen LogP contribution < -0.4 is 10.2 Å². The van der Waals surface area contributed by atoms with E-state index in [1.165, 1.54) is 11.3 Å². The molecule has 222 valence electrons. The molecule has 0 radical (unpaired) electrons. The highest BCUT2D eigenvalue weighted by atomic mass is 16.3. The molecule has 1 N–H and O–H groups in total. The number of anilines is 3. The molecule has 0 bridgehead atoms. The zero-order valence-electron chi connectivity index (χ0n) is 25.4. The van der Waals surface area contributed by atoms with Crippen molar-refractivity contribution in [3.63, 3.8) is 0 Å². The maximum absolute atomic E-state index is 6.53. The summed E-state index contributed by atoms with van der Waals surface area (Å²) in [6.45, 7) is 0. The van der Waals surface area contributed by atoms with E-state index in [1.54, 1.807) is 0 Å². The zero-order valence-corrected chi connectivity index (χ0v) is 25.4. The van der Waals surface area contributed by atoms with Crippen LogP contribution in [0.5, 0.6) is 0 Å². The van der Waals surface area contributed by atoms with Crippen LogP contribution in [0.15, 0.2) is 167 Å². The number of para-hydroxylation sites is 4. The fourth-order valence-corrected chi connectivity index (χ4v) is 7.28. The molecular weight excluding hydrogens is 576 g/mol. The molecule has 1 unspecified atom stereocenters. The molecular formula is C43H28N2O2. The smallest absolute Gasteiger partial charge is 0.147 e. The van der Waals surface area contributed by atoms with Crippen LogP contribution in [-0.2, 0) is 0 Å². The monoisotopic (exact) mass is 604 g/mol. The Morgan fingerprint density at radius 3 is 1.81 bits per heavy atom. The lowest BCUT2D eigenvalue weighted by molar-refractivity contribution is 0.658. The van der Waals surface area contributed by atoms with Gasteiger partial charge in [0.05, 0.1) is 16.9 Å². The molecule has 1 aliphatic heterocycles. The van der Waals surface area contributed by atoms with Gasteiger partial charge in [-0.25, -0.2) is 0 Å². The molecule has 0 fully saturated rings. The van der Waals surface area contributed by atoms with Gasteiger partial charge in [0.1, 0.15) is 28.5 Å². The molecule has 4 nitrogen and oxygen atoms in total. The van der Waals surface area contributed by atoms with Crippen LogP contribution in [-0.4, -0.2) is 0 Å². The number of hydrogen-bond donors (Lipinski definition) is 1. The second-order valence-electron chi connectivity index (χ2n) is 12.2. The summed E-state index contributed by atoms with van der Waals surface area (Å²) in [4.78, 5) is 2.39. The molecule has 4 heteroatoms. The van der Waals surface area contributed by atoms with Gasteiger partial charge in [-0.15, -0.1) is 0 Å². The van der Waals surface area contributed by atoms with E-state index in [9.17, 15) is 0 Å². The van der Waals surface area contributed by atoms with Crippen molar-refractivity contribution in [2.75, 3.05) is 10.2 Å². The Morgan fingerprint density at radius 1 is 0.468 bits per heavy atom. The van der Waals surface area contributed by atoms with Gasteiger partial charge in [-0.1, -0.05) is 115 Å². The van der Waals surface area contributed by atoms with Gasteiger partial charge in [0, 0.05) is 27.2 Å². The topological polar surface area (TPSA) is 41.5 Å². The van der Waals surface area contributed by atoms with E-state index >= 15 is 0 Å². The van der Waals surface area contributed by atoms with Crippen molar-refractivity contribution in [2.45, 2.75) is 6.17 Å². The van der Waals surface area contributed by atoms with Gasteiger partial charge in [0.25, 0.3) is 0 Å². The third kappa shape index (κ3) is 4.01. The largest absolute Gasteiger partial charge is 0.455 e. The summed E-state index contributed by atoms with van der Waals surface area (Å²) in [5.74, 6) is 0. The highest BCUT2D eigenvalue weighted by molar-refractivity contribution is 6.22. The van der Waals surface area contributed by atoms with Gasteiger partial charge in [0.15, 0.2) is 0 Å². The van der Waals surface area contributed by atoms with Crippen LogP contribution in [0.3, 0.4) is 0 Å². The number of furan rings is 2. The quantitative estimate of drug-likeness (QED) is 0.217. The van der Waals surface area contributed by atoms with E-state index in [1.807, 2.05) is 24.3 Å². The van der Waals surface area contributed by atoms with Crippen molar-refractivity contribution in [1.82, 2.24) is 0 Å². The molecule has 0 saturated carbocycles. The molecule has 1 aliphatic rings. The summed E-state index contributed by atoms with van der Waals surface area (Å²) in [6.07, 6.45) is 0.00161. The first kappa shape index (κ1) is 26.0. The molecule has 0 spiro atoms. The lowest BCUT2D eigenvalue weighted by atomic mass is 9.96. The summed E-state index contributed by atoms with van der Waals surface area (Å²) in [7, 11) is 0. The maximum atomic E-state index is 6.53. The fraction of sp³-hybridized carbons (Fsp3) is 0.0233. The number of fused-ring (bicyclic) bond motifs is 7. The van der Waals surface area contributed by atoms with Gasteiger partial charge < -0.3 is 19.1 Å². The molecule has 3 heterocycles. The molecule has 0 saturated heterocycles. The third-order valence-corrected chi connectivity index (χ3v) is 9.47. The molecule has 10 rings (SSSR count). The predicted octanol–water partition coefficient (Wildman–Crippen LogP) is 12.1. The van der Waals surface area contributed by atoms with E-state index in [0.717, 1.165) is 77.5 Å². The number of nitrogens with zero attached hydrogens (tertiary/aromatic N) is 1. The number of nitrogens with one attached hydrogen (secondary N) is 1. The van der Waals surface area contributed by atoms with Crippen LogP contribution in [0.2, 0.25) is 0 Å². The third-order valence-electron chi connectivity index (χ3n) is 9.47. The minimum absolute atomic E-state index is 0.00161. The first-order chi connectivity index (χ1) is 23.3. The van der Waals surface area contributed by atoms with Gasteiger partial charge in [-0.3, -0.25) is 0 Å². The second-order valence-corrected chi connectivity index (χ2v) is 12.2. The van der Waals surface area contributed by atoms with E-state index in [2.05, 4.69) is 144 Å². The Bertz CT molecular complexity index is 2530. The molecule has 9 aromatic rings. The van der Waals surface area contributed by atoms with Crippen molar-refractivity contribution < 1.29 is 8.83 Å². The number of hydrogen-bond acceptors (Lipinski definition) is 4. The van der Waals surface area contributed by atoms with Crippen molar-refractivity contribution in [2.24, 2.45) is 0 Å². The van der Waals surface area contributed by atoms with Gasteiger partial charge in [-0.05, 0) is 64.7 Å². The average molecular weight is 605 g/mol. The van der Waals surface area contributed by atoms with Gasteiger partial charge >= 0.3 is 0 Å². The van der Waals surface area contributed by atoms with Gasteiger partial charge in [-0.2, -0.15) is 0 Å². The first-order valence-electron chi connectivity index (χ1n) is 16.0. The Hall–Kier alpha value is -6.26. The zero-order chi connectivity index (χ0) is 30.9. The average Bonchev–Trinajstić information content (AvgIpc) is 3.83. The van der Waals surface area contributed by atoms with Crippen molar-refractivity contribution in [3.05, 3.63) is 163 Å². The highest BCUT2D eigenvalue weighted by Gasteiger charge is 2.31. The van der Waals surface area contributed by atoms with Crippen LogP contribution in [0.1, 0.15) is 11.7 Å². The molecule has 7 aromatic carbocycles. The Balaban J connectivity index is 1.10. The number of benzene rings is 7. The van der Waals surface area contributed by atoms with E-state index in [0.29, 0.717) is 0 Å². The molecule has 0 aliphatic carbocycles. The molecule has 0 amide bonds. The van der Waals surface area contributed by atoms with Crippen molar-refractivity contribution in [3.8, 4) is 22.3 Å². The summed E-state index contributed by atoms with van der Waals surface area (Å²) in [5.41, 5.74) is 12.4. The standard InChI is InChI=1S/C43H28N2O2/c1-2-11-29(12-3-1)43-44-36-17-6-7-18-37(36)45(43)31-14-10-13-30(25-31)27-21-23-28(24-22-27)40-41-34(32-15-4-8-19-38(32)46-41)26-35-33-16-5-9-20-39(33)47-42(35)40/h1-26,43-44H. The molecule has 47 heavy (non-hydrogen) atoms. The molecule has 2 aromatic heterocycles. The van der Waals surface area contributed by atoms with Gasteiger partial charge in [0.2, 0.25) is 0 Å². The minimum atomic E-state index is 0.00161. The maximum Gasteiger partial charge on any atom is 0.147 e. The first-order valence-corrected chi connectivity index (χ1v) is 16.0. The lowest BCUT2D eigenvalue weighted by Gasteiger charge is -2.28. The van der Waals surface area contributed by atoms with E-state index < -0.39 is 0 Å². The highest BCUT2D eigenvalue weighted by Crippen LogP contribution is 2.47.